The normalized spacial score (nSPS) is 11.7. The summed E-state index contributed by atoms with van der Waals surface area (Å²) >= 11 is 0. The first-order chi connectivity index (χ1) is 8.86. The monoisotopic (exact) mass is 275 g/mol. The van der Waals surface area contributed by atoms with Gasteiger partial charge in [-0.05, 0) is 0 Å². The number of methoxy groups -OCH3 is 1. The first-order valence-electron chi connectivity index (χ1n) is 4.97. The highest BCUT2D eigenvalue weighted by Crippen LogP contribution is 1.89. The summed E-state index contributed by atoms with van der Waals surface area (Å²) in [6.45, 7) is -1.33. The molecule has 0 bridgehead atoms. The first-order valence-corrected chi connectivity index (χ1v) is 4.97. The van der Waals surface area contributed by atoms with Gasteiger partial charge in [-0.25, -0.2) is 9.59 Å². The zero-order valence-electron chi connectivity index (χ0n) is 9.99. The van der Waals surface area contributed by atoms with Gasteiger partial charge in [0, 0.05) is 12.2 Å². The summed E-state index contributed by atoms with van der Waals surface area (Å²) in [4.78, 5) is 42.8. The molecule has 0 spiro atoms. The number of aliphatic carboxylic acids is 1. The molecule has 3 N–H and O–H groups in total. The molecule has 106 valence electrons. The number of carbonyl (C=O) groups is 4. The van der Waals surface area contributed by atoms with Crippen molar-refractivity contribution in [2.45, 2.75) is 6.10 Å². The van der Waals surface area contributed by atoms with Gasteiger partial charge in [0.2, 0.25) is 0 Å². The molecule has 0 aliphatic rings. The van der Waals surface area contributed by atoms with Gasteiger partial charge in [0.15, 0.2) is 6.10 Å². The number of aliphatic hydroxyl groups excluding tert-OH is 1. The van der Waals surface area contributed by atoms with Crippen LogP contribution in [0, 0.1) is 0 Å². The van der Waals surface area contributed by atoms with Gasteiger partial charge in [-0.2, -0.15) is 0 Å². The topological polar surface area (TPSA) is 139 Å². The van der Waals surface area contributed by atoms with Crippen LogP contribution in [0.15, 0.2) is 12.2 Å². The molecule has 0 saturated carbocycles. The summed E-state index contributed by atoms with van der Waals surface area (Å²) < 4.78 is 8.65. The summed E-state index contributed by atoms with van der Waals surface area (Å²) in [5, 5.41) is 19.4. The molecule has 0 saturated heterocycles. The number of esters is 2. The molecule has 9 nitrogen and oxygen atoms in total. The molecule has 0 rings (SSSR count). The van der Waals surface area contributed by atoms with E-state index in [4.69, 9.17) is 5.11 Å². The fourth-order valence-electron chi connectivity index (χ4n) is 0.770. The second kappa shape index (κ2) is 8.64. The third-order valence-corrected chi connectivity index (χ3v) is 1.66. The second-order valence-electron chi connectivity index (χ2n) is 3.11. The fourth-order valence-corrected chi connectivity index (χ4v) is 0.770. The molecule has 0 aliphatic carbocycles. The van der Waals surface area contributed by atoms with E-state index in [-0.39, 0.29) is 0 Å². The summed E-state index contributed by atoms with van der Waals surface area (Å²) in [7, 11) is 1.12. The number of amides is 1. The van der Waals surface area contributed by atoms with E-state index < -0.39 is 43.1 Å². The lowest BCUT2D eigenvalue weighted by Crippen LogP contribution is -2.40. The van der Waals surface area contributed by atoms with Crippen molar-refractivity contribution in [2.24, 2.45) is 0 Å². The maximum Gasteiger partial charge on any atom is 0.331 e. The Morgan fingerprint density at radius 3 is 2.32 bits per heavy atom. The minimum atomic E-state index is -1.70. The molecule has 0 heterocycles. The Morgan fingerprint density at radius 1 is 1.21 bits per heavy atom. The van der Waals surface area contributed by atoms with Gasteiger partial charge in [-0.1, -0.05) is 0 Å². The van der Waals surface area contributed by atoms with Crippen LogP contribution in [0.2, 0.25) is 0 Å². The van der Waals surface area contributed by atoms with Crippen molar-refractivity contribution < 1.29 is 38.9 Å². The molecule has 1 unspecified atom stereocenters. The van der Waals surface area contributed by atoms with Crippen LogP contribution in [0.1, 0.15) is 0 Å². The second-order valence-corrected chi connectivity index (χ2v) is 3.11. The van der Waals surface area contributed by atoms with E-state index in [2.05, 4.69) is 9.47 Å². The number of hydrogen-bond acceptors (Lipinski definition) is 7. The average molecular weight is 275 g/mol. The maximum absolute atomic E-state index is 11.1. The summed E-state index contributed by atoms with van der Waals surface area (Å²) in [6, 6.07) is 0. The lowest BCUT2D eigenvalue weighted by atomic mass is 10.3. The lowest BCUT2D eigenvalue weighted by Gasteiger charge is -2.09. The molecule has 0 aromatic carbocycles. The van der Waals surface area contributed by atoms with Gasteiger partial charge < -0.3 is 25.0 Å². The minimum Gasteiger partial charge on any atom is -0.480 e. The van der Waals surface area contributed by atoms with Crippen LogP contribution in [-0.4, -0.2) is 60.4 Å². The van der Waals surface area contributed by atoms with Crippen molar-refractivity contribution in [2.75, 3.05) is 20.3 Å². The molecular weight excluding hydrogens is 262 g/mol. The van der Waals surface area contributed by atoms with Crippen molar-refractivity contribution in [3.63, 3.8) is 0 Å². The van der Waals surface area contributed by atoms with E-state index in [0.29, 0.717) is 0 Å². The predicted molar refractivity (Wildman–Crippen MR) is 58.8 cm³/mol. The number of carbonyl (C=O) groups excluding carboxylic acids is 3. The number of ether oxygens (including phenoxy) is 2. The summed E-state index contributed by atoms with van der Waals surface area (Å²) in [6.07, 6.45) is -0.137. The highest BCUT2D eigenvalue weighted by Gasteiger charge is 2.17. The van der Waals surface area contributed by atoms with Gasteiger partial charge in [0.05, 0.1) is 7.11 Å². The largest absolute Gasteiger partial charge is 0.480 e. The van der Waals surface area contributed by atoms with E-state index >= 15 is 0 Å². The van der Waals surface area contributed by atoms with Crippen LogP contribution >= 0.6 is 0 Å². The zero-order valence-corrected chi connectivity index (χ0v) is 9.99. The van der Waals surface area contributed by atoms with Gasteiger partial charge in [0.1, 0.15) is 13.2 Å². The maximum atomic E-state index is 11.1. The number of aliphatic hydroxyl groups is 1. The van der Waals surface area contributed by atoms with Crippen LogP contribution in [0.4, 0.5) is 0 Å². The SMILES string of the molecule is COC(=O)/C=C/C(=O)OCC(O)C(=O)NCC(=O)O. The first kappa shape index (κ1) is 16.6. The molecule has 0 radical (unpaired) electrons. The Morgan fingerprint density at radius 2 is 1.79 bits per heavy atom. The van der Waals surface area contributed by atoms with Gasteiger partial charge in [-0.3, -0.25) is 9.59 Å². The van der Waals surface area contributed by atoms with Crippen LogP contribution in [0.3, 0.4) is 0 Å². The summed E-state index contributed by atoms with van der Waals surface area (Å²) in [5.74, 6) is -4.00. The van der Waals surface area contributed by atoms with Crippen molar-refractivity contribution in [1.29, 1.82) is 0 Å². The van der Waals surface area contributed by atoms with Crippen LogP contribution < -0.4 is 5.32 Å². The highest BCUT2D eigenvalue weighted by atomic mass is 16.5. The van der Waals surface area contributed by atoms with Crippen LogP contribution in [-0.2, 0) is 28.7 Å². The Labute approximate surface area is 107 Å². The van der Waals surface area contributed by atoms with Crippen LogP contribution in [0.25, 0.3) is 0 Å². The molecule has 0 fully saturated rings. The van der Waals surface area contributed by atoms with E-state index in [0.717, 1.165) is 19.3 Å². The number of carboxylic acids is 1. The van der Waals surface area contributed by atoms with E-state index in [1.165, 1.54) is 0 Å². The Balaban J connectivity index is 4.01. The van der Waals surface area contributed by atoms with Gasteiger partial charge >= 0.3 is 17.9 Å². The number of rotatable bonds is 7. The molecule has 1 atom stereocenters. The molecule has 1 amide bonds. The third kappa shape index (κ3) is 8.32. The molecule has 19 heavy (non-hydrogen) atoms. The van der Waals surface area contributed by atoms with Crippen molar-refractivity contribution in [3.8, 4) is 0 Å². The van der Waals surface area contributed by atoms with Crippen molar-refractivity contribution >= 4 is 23.8 Å². The Bertz CT molecular complexity index is 389. The lowest BCUT2D eigenvalue weighted by molar-refractivity contribution is -0.146. The minimum absolute atomic E-state index is 0.661. The standard InChI is InChI=1S/C10H13NO8/c1-18-8(15)2-3-9(16)19-5-6(12)10(17)11-4-7(13)14/h2-3,6,12H,4-5H2,1H3,(H,11,17)(H,13,14)/b3-2+. The molecule has 0 aromatic rings. The Kier molecular flexibility index (Phi) is 7.54. The molecule has 0 aromatic heterocycles. The smallest absolute Gasteiger partial charge is 0.331 e. The van der Waals surface area contributed by atoms with E-state index in [9.17, 15) is 24.3 Å². The van der Waals surface area contributed by atoms with E-state index in [1.54, 1.807) is 0 Å². The summed E-state index contributed by atoms with van der Waals surface area (Å²) in [5.41, 5.74) is 0. The average Bonchev–Trinajstić information content (AvgIpc) is 2.38. The zero-order chi connectivity index (χ0) is 14.8. The van der Waals surface area contributed by atoms with Gasteiger partial charge in [-0.15, -0.1) is 0 Å². The quantitative estimate of drug-likeness (QED) is 0.352. The number of hydrogen-bond donors (Lipinski definition) is 3. The molecule has 0 aliphatic heterocycles. The fraction of sp³-hybridized carbons (Fsp3) is 0.400. The molecule has 9 heteroatoms. The van der Waals surface area contributed by atoms with Crippen LogP contribution in [0.5, 0.6) is 0 Å². The number of carboxylic acid groups (broad SMARTS) is 1. The Hall–Kier alpha value is -2.42. The van der Waals surface area contributed by atoms with E-state index in [1.807, 2.05) is 5.32 Å². The number of nitrogens with one attached hydrogen (secondary N) is 1. The van der Waals surface area contributed by atoms with Crippen molar-refractivity contribution in [3.05, 3.63) is 12.2 Å². The predicted octanol–water partition coefficient (Wildman–Crippen LogP) is -2.18. The van der Waals surface area contributed by atoms with Gasteiger partial charge in [0.25, 0.3) is 5.91 Å². The highest BCUT2D eigenvalue weighted by molar-refractivity contribution is 5.91. The van der Waals surface area contributed by atoms with Crippen molar-refractivity contribution in [1.82, 2.24) is 5.32 Å². The molecular formula is C10H13NO8. The third-order valence-electron chi connectivity index (χ3n) is 1.66.